The van der Waals surface area contributed by atoms with Crippen molar-refractivity contribution in [3.05, 3.63) is 76.8 Å². The summed E-state index contributed by atoms with van der Waals surface area (Å²) in [5, 5.41) is 8.90. The summed E-state index contributed by atoms with van der Waals surface area (Å²) < 4.78 is 0. The summed E-state index contributed by atoms with van der Waals surface area (Å²) in [6.07, 6.45) is 4.91. The molecule has 2 aromatic carbocycles. The maximum Gasteiger partial charge on any atom is 0.276 e. The van der Waals surface area contributed by atoms with E-state index in [0.717, 1.165) is 19.6 Å². The summed E-state index contributed by atoms with van der Waals surface area (Å²) in [6.45, 7) is 6.73. The average molecular weight is 523 g/mol. The first-order valence-electron chi connectivity index (χ1n) is 12.3. The number of aromatic nitrogens is 2. The topological polar surface area (TPSA) is 119 Å². The number of hydrogen-bond acceptors (Lipinski definition) is 5. The number of carbonyl (C=O) groups excluding carboxylic acids is 3. The van der Waals surface area contributed by atoms with E-state index in [2.05, 4.69) is 30.8 Å². The van der Waals surface area contributed by atoms with E-state index < -0.39 is 11.4 Å². The third-order valence-corrected chi connectivity index (χ3v) is 6.45. The van der Waals surface area contributed by atoms with E-state index in [1.54, 1.807) is 48.5 Å². The molecule has 0 saturated carbocycles. The van der Waals surface area contributed by atoms with Crippen LogP contribution in [0.25, 0.3) is 0 Å². The van der Waals surface area contributed by atoms with E-state index >= 15 is 0 Å². The highest BCUT2D eigenvalue weighted by Crippen LogP contribution is 2.20. The molecule has 3 aromatic rings. The van der Waals surface area contributed by atoms with Crippen LogP contribution >= 0.6 is 11.6 Å². The minimum Gasteiger partial charge on any atom is -0.345 e. The summed E-state index contributed by atoms with van der Waals surface area (Å²) in [5.74, 6) is -1.24. The third-order valence-electron chi connectivity index (χ3n) is 6.12. The van der Waals surface area contributed by atoms with Crippen molar-refractivity contribution in [2.75, 3.05) is 30.3 Å². The van der Waals surface area contributed by atoms with E-state index in [9.17, 15) is 14.4 Å². The first-order valence-corrected chi connectivity index (χ1v) is 12.7. The Labute approximate surface area is 221 Å². The minimum absolute atomic E-state index is 0.00220. The Balaban J connectivity index is 1.36. The number of piperidine rings is 1. The van der Waals surface area contributed by atoms with Crippen molar-refractivity contribution >= 4 is 40.7 Å². The van der Waals surface area contributed by atoms with Gasteiger partial charge in [-0.1, -0.05) is 30.2 Å². The highest BCUT2D eigenvalue weighted by molar-refractivity contribution is 6.34. The quantitative estimate of drug-likeness (QED) is 0.346. The molecule has 0 bridgehead atoms. The zero-order valence-corrected chi connectivity index (χ0v) is 21.7. The lowest BCUT2D eigenvalue weighted by Crippen LogP contribution is -2.52. The SMILES string of the molecule is CC(C)(CN1CCCCC1)NC(=O)c1[nH]cnc1C(=O)Nc1ccc(NC(=O)c2ccccc2Cl)cc1. The number of amides is 3. The first-order chi connectivity index (χ1) is 17.7. The lowest BCUT2D eigenvalue weighted by Gasteiger charge is -2.35. The lowest BCUT2D eigenvalue weighted by atomic mass is 10.0. The van der Waals surface area contributed by atoms with Gasteiger partial charge >= 0.3 is 0 Å². The predicted octanol–water partition coefficient (Wildman–Crippen LogP) is 4.56. The second-order valence-electron chi connectivity index (χ2n) is 9.77. The molecule has 10 heteroatoms. The molecule has 3 amide bonds. The Kier molecular flexibility index (Phi) is 8.25. The van der Waals surface area contributed by atoms with Gasteiger partial charge in [-0.2, -0.15) is 0 Å². The molecule has 0 atom stereocenters. The molecule has 1 aliphatic rings. The maximum atomic E-state index is 13.0. The third kappa shape index (κ3) is 6.96. The highest BCUT2D eigenvalue weighted by atomic mass is 35.5. The van der Waals surface area contributed by atoms with Gasteiger partial charge in [0.1, 0.15) is 5.69 Å². The number of aromatic amines is 1. The number of H-pyrrole nitrogens is 1. The lowest BCUT2D eigenvalue weighted by molar-refractivity contribution is 0.0865. The molecule has 4 rings (SSSR count). The maximum absolute atomic E-state index is 13.0. The molecular weight excluding hydrogens is 492 g/mol. The summed E-state index contributed by atoms with van der Waals surface area (Å²) in [4.78, 5) is 47.6. The van der Waals surface area contributed by atoms with E-state index in [1.165, 1.54) is 25.6 Å². The van der Waals surface area contributed by atoms with E-state index in [1.807, 2.05) is 13.8 Å². The van der Waals surface area contributed by atoms with Gasteiger partial charge in [0.05, 0.1) is 16.9 Å². The van der Waals surface area contributed by atoms with Crippen LogP contribution in [0.4, 0.5) is 11.4 Å². The predicted molar refractivity (Wildman–Crippen MR) is 144 cm³/mol. The second-order valence-corrected chi connectivity index (χ2v) is 10.2. The Bertz CT molecular complexity index is 1270. The fourth-order valence-electron chi connectivity index (χ4n) is 4.40. The summed E-state index contributed by atoms with van der Waals surface area (Å²) in [5.41, 5.74) is 1.02. The van der Waals surface area contributed by atoms with E-state index in [4.69, 9.17) is 11.6 Å². The van der Waals surface area contributed by atoms with Crippen LogP contribution < -0.4 is 16.0 Å². The monoisotopic (exact) mass is 522 g/mol. The molecule has 4 N–H and O–H groups in total. The highest BCUT2D eigenvalue weighted by Gasteiger charge is 2.28. The summed E-state index contributed by atoms with van der Waals surface area (Å²) >= 11 is 6.08. The minimum atomic E-state index is -0.520. The molecule has 1 saturated heterocycles. The van der Waals surface area contributed by atoms with Crippen molar-refractivity contribution < 1.29 is 14.4 Å². The van der Waals surface area contributed by atoms with Gasteiger partial charge in [-0.05, 0) is 76.2 Å². The first kappa shape index (κ1) is 26.4. The standard InChI is InChI=1S/C27H31ClN6O3/c1-27(2,16-34-14-6-3-7-15-34)33-26(37)23-22(29-17-30-23)25(36)32-19-12-10-18(11-13-19)31-24(35)20-8-4-5-9-21(20)28/h4-5,8-13,17H,3,6-7,14-16H2,1-2H3,(H,29,30)(H,31,35)(H,32,36)(H,33,37). The van der Waals surface area contributed by atoms with Gasteiger partial charge in [0.15, 0.2) is 5.69 Å². The van der Waals surface area contributed by atoms with Gasteiger partial charge in [-0.3, -0.25) is 14.4 Å². The van der Waals surface area contributed by atoms with E-state index in [-0.39, 0.29) is 23.2 Å². The normalized spacial score (nSPS) is 14.1. The number of nitrogens with zero attached hydrogens (tertiary/aromatic N) is 2. The Morgan fingerprint density at radius 3 is 2.19 bits per heavy atom. The van der Waals surface area contributed by atoms with Crippen LogP contribution in [0.1, 0.15) is 64.4 Å². The van der Waals surface area contributed by atoms with Crippen molar-refractivity contribution in [1.29, 1.82) is 0 Å². The zero-order chi connectivity index (χ0) is 26.4. The molecular formula is C27H31ClN6O3. The molecule has 0 unspecified atom stereocenters. The van der Waals surface area contributed by atoms with E-state index in [0.29, 0.717) is 22.0 Å². The number of imidazole rings is 1. The van der Waals surface area contributed by atoms with Crippen LogP contribution in [0.2, 0.25) is 5.02 Å². The Morgan fingerprint density at radius 2 is 1.54 bits per heavy atom. The van der Waals surface area contributed by atoms with Crippen LogP contribution in [0, 0.1) is 0 Å². The smallest absolute Gasteiger partial charge is 0.276 e. The van der Waals surface area contributed by atoms with Gasteiger partial charge in [0, 0.05) is 23.5 Å². The number of carbonyl (C=O) groups is 3. The molecule has 0 spiro atoms. The molecule has 37 heavy (non-hydrogen) atoms. The van der Waals surface area contributed by atoms with Crippen LogP contribution in [0.3, 0.4) is 0 Å². The molecule has 1 fully saturated rings. The van der Waals surface area contributed by atoms with Gasteiger partial charge in [0.2, 0.25) is 0 Å². The molecule has 1 aromatic heterocycles. The van der Waals surface area contributed by atoms with Crippen molar-refractivity contribution in [2.45, 2.75) is 38.6 Å². The number of nitrogens with one attached hydrogen (secondary N) is 4. The number of anilines is 2. The van der Waals surface area contributed by atoms with Gasteiger partial charge in [-0.25, -0.2) is 4.98 Å². The summed E-state index contributed by atoms with van der Waals surface area (Å²) in [6, 6.07) is 13.4. The Hall–Kier alpha value is -3.69. The van der Waals surface area contributed by atoms with Gasteiger partial charge < -0.3 is 25.8 Å². The number of benzene rings is 2. The van der Waals surface area contributed by atoms with Crippen molar-refractivity contribution in [2.24, 2.45) is 0 Å². The fraction of sp³-hybridized carbons (Fsp3) is 0.333. The molecule has 9 nitrogen and oxygen atoms in total. The number of hydrogen-bond donors (Lipinski definition) is 4. The molecule has 2 heterocycles. The number of halogens is 1. The van der Waals surface area contributed by atoms with Gasteiger partial charge in [-0.15, -0.1) is 0 Å². The molecule has 194 valence electrons. The van der Waals surface area contributed by atoms with Crippen molar-refractivity contribution in [3.8, 4) is 0 Å². The van der Waals surface area contributed by atoms with Crippen LogP contribution in [0.5, 0.6) is 0 Å². The fourth-order valence-corrected chi connectivity index (χ4v) is 4.62. The van der Waals surface area contributed by atoms with Crippen molar-refractivity contribution in [3.63, 3.8) is 0 Å². The number of likely N-dealkylation sites (tertiary alicyclic amines) is 1. The molecule has 0 radical (unpaired) electrons. The zero-order valence-electron chi connectivity index (χ0n) is 20.9. The average Bonchev–Trinajstić information content (AvgIpc) is 3.36. The van der Waals surface area contributed by atoms with Crippen LogP contribution in [0.15, 0.2) is 54.9 Å². The van der Waals surface area contributed by atoms with Crippen LogP contribution in [-0.2, 0) is 0 Å². The molecule has 1 aliphatic heterocycles. The Morgan fingerprint density at radius 1 is 0.919 bits per heavy atom. The number of rotatable bonds is 8. The largest absolute Gasteiger partial charge is 0.345 e. The second kappa shape index (κ2) is 11.6. The van der Waals surface area contributed by atoms with Crippen molar-refractivity contribution in [1.82, 2.24) is 20.2 Å². The molecule has 0 aliphatic carbocycles. The van der Waals surface area contributed by atoms with Crippen LogP contribution in [-0.4, -0.2) is 57.8 Å². The van der Waals surface area contributed by atoms with Gasteiger partial charge in [0.25, 0.3) is 17.7 Å². The summed E-state index contributed by atoms with van der Waals surface area (Å²) in [7, 11) is 0.